The zero-order chi connectivity index (χ0) is 7.28. The lowest BCUT2D eigenvalue weighted by Crippen LogP contribution is -1.74. The zero-order valence-electron chi connectivity index (χ0n) is 5.85. The fourth-order valence-electron chi connectivity index (χ4n) is 0.597. The molecule has 0 aliphatic carbocycles. The van der Waals surface area contributed by atoms with Crippen LogP contribution in [0.15, 0.2) is 36.2 Å². The van der Waals surface area contributed by atoms with Crippen LogP contribution in [0.1, 0.15) is 13.3 Å². The van der Waals surface area contributed by atoms with Crippen molar-refractivity contribution < 1.29 is 0 Å². The highest BCUT2D eigenvalue weighted by molar-refractivity contribution is 7.23. The van der Waals surface area contributed by atoms with Gasteiger partial charge in [-0.2, -0.15) is 0 Å². The third-order valence-electron chi connectivity index (χ3n) is 1.22. The standard InChI is InChI=1S/C8H13P/c1-4-7(5-2)8(9)6-3/h4,6H,1,3,5,9H2,2H3/b8-7-. The van der Waals surface area contributed by atoms with Gasteiger partial charge in [-0.25, -0.2) is 0 Å². The first-order valence-electron chi connectivity index (χ1n) is 2.99. The van der Waals surface area contributed by atoms with Gasteiger partial charge in [-0.15, -0.1) is 9.24 Å². The molecule has 0 aromatic heterocycles. The first kappa shape index (κ1) is 8.65. The molecule has 1 atom stereocenters. The Labute approximate surface area is 59.6 Å². The second kappa shape index (κ2) is 4.52. The first-order chi connectivity index (χ1) is 4.26. The maximum absolute atomic E-state index is 3.68. The van der Waals surface area contributed by atoms with Gasteiger partial charge in [0.25, 0.3) is 0 Å². The van der Waals surface area contributed by atoms with E-state index in [1.165, 1.54) is 5.57 Å². The van der Waals surface area contributed by atoms with Crippen LogP contribution in [0.2, 0.25) is 0 Å². The highest BCUT2D eigenvalue weighted by Gasteiger charge is 1.88. The van der Waals surface area contributed by atoms with E-state index in [2.05, 4.69) is 29.3 Å². The molecule has 0 rings (SSSR count). The Morgan fingerprint density at radius 2 is 2.00 bits per heavy atom. The molecule has 0 nitrogen and oxygen atoms in total. The van der Waals surface area contributed by atoms with Crippen LogP contribution < -0.4 is 0 Å². The molecule has 0 fully saturated rings. The van der Waals surface area contributed by atoms with Crippen LogP contribution >= 0.6 is 9.24 Å². The van der Waals surface area contributed by atoms with E-state index in [4.69, 9.17) is 0 Å². The molecule has 0 aliphatic heterocycles. The first-order valence-corrected chi connectivity index (χ1v) is 3.57. The topological polar surface area (TPSA) is 0 Å². The van der Waals surface area contributed by atoms with Crippen LogP contribution in [0.25, 0.3) is 0 Å². The summed E-state index contributed by atoms with van der Waals surface area (Å²) in [5, 5.41) is 1.15. The molecule has 9 heavy (non-hydrogen) atoms. The molecule has 0 aliphatic rings. The molecule has 50 valence electrons. The minimum Gasteiger partial charge on any atom is -0.105 e. The molecule has 0 heterocycles. The molecule has 0 spiro atoms. The van der Waals surface area contributed by atoms with E-state index in [0.29, 0.717) is 0 Å². The normalized spacial score (nSPS) is 12.2. The lowest BCUT2D eigenvalue weighted by Gasteiger charge is -1.97. The van der Waals surface area contributed by atoms with E-state index in [0.717, 1.165) is 11.7 Å². The Hall–Kier alpha value is -0.350. The van der Waals surface area contributed by atoms with E-state index < -0.39 is 0 Å². The van der Waals surface area contributed by atoms with E-state index in [1.807, 2.05) is 12.2 Å². The second-order valence-corrected chi connectivity index (χ2v) is 2.36. The third kappa shape index (κ3) is 2.62. The lowest BCUT2D eigenvalue weighted by molar-refractivity contribution is 1.15. The van der Waals surface area contributed by atoms with Gasteiger partial charge in [0.1, 0.15) is 0 Å². The van der Waals surface area contributed by atoms with E-state index in [1.54, 1.807) is 0 Å². The van der Waals surface area contributed by atoms with Gasteiger partial charge in [-0.3, -0.25) is 0 Å². The van der Waals surface area contributed by atoms with Crippen LogP contribution in [0.3, 0.4) is 0 Å². The van der Waals surface area contributed by atoms with Crippen molar-refractivity contribution in [3.05, 3.63) is 36.2 Å². The Morgan fingerprint density at radius 1 is 1.44 bits per heavy atom. The molecule has 0 saturated heterocycles. The zero-order valence-corrected chi connectivity index (χ0v) is 7.01. The molecule has 0 radical (unpaired) electrons. The van der Waals surface area contributed by atoms with Gasteiger partial charge in [-0.1, -0.05) is 32.2 Å². The highest BCUT2D eigenvalue weighted by Crippen LogP contribution is 2.16. The van der Waals surface area contributed by atoms with Crippen molar-refractivity contribution >= 4 is 9.24 Å². The average Bonchev–Trinajstić information content (AvgIpc) is 1.90. The molecule has 1 heteroatoms. The lowest BCUT2D eigenvalue weighted by atomic mass is 10.2. The summed E-state index contributed by atoms with van der Waals surface area (Å²) in [7, 11) is 2.63. The summed E-state index contributed by atoms with van der Waals surface area (Å²) in [6.45, 7) is 9.43. The van der Waals surface area contributed by atoms with Crippen molar-refractivity contribution in [1.82, 2.24) is 0 Å². The Morgan fingerprint density at radius 3 is 2.11 bits per heavy atom. The molecule has 0 aromatic carbocycles. The second-order valence-electron chi connectivity index (χ2n) is 1.74. The van der Waals surface area contributed by atoms with E-state index in [-0.39, 0.29) is 0 Å². The largest absolute Gasteiger partial charge is 0.105 e. The van der Waals surface area contributed by atoms with Crippen molar-refractivity contribution in [2.24, 2.45) is 0 Å². The molecular weight excluding hydrogens is 127 g/mol. The number of hydrogen-bond donors (Lipinski definition) is 0. The van der Waals surface area contributed by atoms with Crippen LogP contribution in [-0.2, 0) is 0 Å². The summed E-state index contributed by atoms with van der Waals surface area (Å²) in [5.74, 6) is 0. The minimum atomic E-state index is 1.02. The van der Waals surface area contributed by atoms with Gasteiger partial charge in [0.05, 0.1) is 0 Å². The summed E-state index contributed by atoms with van der Waals surface area (Å²) in [5.41, 5.74) is 1.25. The Bertz CT molecular complexity index is 143. The molecule has 1 unspecified atom stereocenters. The van der Waals surface area contributed by atoms with Crippen molar-refractivity contribution in [2.75, 3.05) is 0 Å². The van der Waals surface area contributed by atoms with Crippen LogP contribution in [0, 0.1) is 0 Å². The SMILES string of the molecule is C=C/C(P)=C(\C=C)CC. The Balaban J connectivity index is 4.36. The van der Waals surface area contributed by atoms with E-state index in [9.17, 15) is 0 Å². The predicted molar refractivity (Wildman–Crippen MR) is 47.4 cm³/mol. The number of rotatable bonds is 3. The van der Waals surface area contributed by atoms with Crippen molar-refractivity contribution in [2.45, 2.75) is 13.3 Å². The molecule has 0 N–H and O–H groups in total. The third-order valence-corrected chi connectivity index (χ3v) is 1.82. The summed E-state index contributed by atoms with van der Waals surface area (Å²) in [4.78, 5) is 0. The summed E-state index contributed by atoms with van der Waals surface area (Å²) in [6.07, 6.45) is 4.71. The van der Waals surface area contributed by atoms with Crippen molar-refractivity contribution in [1.29, 1.82) is 0 Å². The monoisotopic (exact) mass is 140 g/mol. The highest BCUT2D eigenvalue weighted by atomic mass is 31.0. The summed E-state index contributed by atoms with van der Waals surface area (Å²) >= 11 is 0. The number of hydrogen-bond acceptors (Lipinski definition) is 0. The smallest absolute Gasteiger partial charge is 0.0277 e. The fourth-order valence-corrected chi connectivity index (χ4v) is 0.919. The van der Waals surface area contributed by atoms with Gasteiger partial charge in [-0.05, 0) is 17.3 Å². The van der Waals surface area contributed by atoms with Gasteiger partial charge in [0.15, 0.2) is 0 Å². The maximum atomic E-state index is 3.68. The van der Waals surface area contributed by atoms with Gasteiger partial charge >= 0.3 is 0 Å². The van der Waals surface area contributed by atoms with E-state index >= 15 is 0 Å². The fraction of sp³-hybridized carbons (Fsp3) is 0.250. The van der Waals surface area contributed by atoms with Crippen LogP contribution in [-0.4, -0.2) is 0 Å². The predicted octanol–water partition coefficient (Wildman–Crippen LogP) is 2.90. The minimum absolute atomic E-state index is 1.02. The quantitative estimate of drug-likeness (QED) is 0.417. The van der Waals surface area contributed by atoms with Gasteiger partial charge in [0, 0.05) is 0 Å². The van der Waals surface area contributed by atoms with Gasteiger partial charge in [0.2, 0.25) is 0 Å². The molecule has 0 bridgehead atoms. The number of allylic oxidation sites excluding steroid dienone is 4. The molecular formula is C8H13P. The van der Waals surface area contributed by atoms with Crippen molar-refractivity contribution in [3.63, 3.8) is 0 Å². The molecule has 0 aromatic rings. The maximum Gasteiger partial charge on any atom is -0.0277 e. The molecule has 0 saturated carbocycles. The summed E-state index contributed by atoms with van der Waals surface area (Å²) in [6, 6.07) is 0. The average molecular weight is 140 g/mol. The summed E-state index contributed by atoms with van der Waals surface area (Å²) < 4.78 is 0. The van der Waals surface area contributed by atoms with Crippen molar-refractivity contribution in [3.8, 4) is 0 Å². The van der Waals surface area contributed by atoms with Crippen LogP contribution in [0.4, 0.5) is 0 Å². The van der Waals surface area contributed by atoms with Crippen LogP contribution in [0.5, 0.6) is 0 Å². The molecule has 0 amide bonds. The van der Waals surface area contributed by atoms with Gasteiger partial charge < -0.3 is 0 Å². The Kier molecular flexibility index (Phi) is 4.35.